The summed E-state index contributed by atoms with van der Waals surface area (Å²) in [5.41, 5.74) is -0.377. The molecule has 0 saturated heterocycles. The topological polar surface area (TPSA) is 94.2 Å². The first-order chi connectivity index (χ1) is 10.2. The lowest BCUT2D eigenvalue weighted by Gasteiger charge is -2.23. The van der Waals surface area contributed by atoms with Gasteiger partial charge in [-0.2, -0.15) is 0 Å². The molecule has 8 nitrogen and oxygen atoms in total. The Kier molecular flexibility index (Phi) is 6.21. The van der Waals surface area contributed by atoms with Crippen molar-refractivity contribution >= 4 is 17.8 Å². The number of nitrogens with one attached hydrogen (secondary N) is 1. The lowest BCUT2D eigenvalue weighted by Crippen LogP contribution is -2.47. The van der Waals surface area contributed by atoms with E-state index in [0.29, 0.717) is 6.61 Å². The fourth-order valence-electron chi connectivity index (χ4n) is 1.55. The summed E-state index contributed by atoms with van der Waals surface area (Å²) in [6, 6.07) is 0. The van der Waals surface area contributed by atoms with E-state index < -0.39 is 18.5 Å². The normalized spacial score (nSPS) is 14.1. The number of likely N-dealkylation sites (N-methyl/N-ethyl adjacent to an activating group) is 1. The van der Waals surface area contributed by atoms with E-state index >= 15 is 0 Å². The van der Waals surface area contributed by atoms with Gasteiger partial charge in [0, 0.05) is 12.6 Å². The standard InChI is InChI=1S/C14H22N2O6/c1-14(2,3)15-11(17)7-16(4)12(18)9-22-13(19)10-8-20-5-6-21-10/h8H,5-7,9H2,1-4H3,(H,15,17). The minimum atomic E-state index is -0.777. The largest absolute Gasteiger partial charge is 0.493 e. The van der Waals surface area contributed by atoms with Gasteiger partial charge >= 0.3 is 5.97 Å². The van der Waals surface area contributed by atoms with E-state index in [0.717, 1.165) is 6.26 Å². The van der Waals surface area contributed by atoms with Gasteiger partial charge in [-0.3, -0.25) is 9.59 Å². The van der Waals surface area contributed by atoms with Gasteiger partial charge in [0.05, 0.1) is 6.54 Å². The molecule has 0 atom stereocenters. The van der Waals surface area contributed by atoms with Crippen LogP contribution in [0.1, 0.15) is 20.8 Å². The molecule has 0 aliphatic carbocycles. The highest BCUT2D eigenvalue weighted by atomic mass is 16.6. The van der Waals surface area contributed by atoms with E-state index in [1.807, 2.05) is 20.8 Å². The molecule has 0 radical (unpaired) electrons. The second-order valence-electron chi connectivity index (χ2n) is 5.83. The zero-order valence-electron chi connectivity index (χ0n) is 13.3. The molecule has 0 unspecified atom stereocenters. The Morgan fingerprint density at radius 1 is 1.32 bits per heavy atom. The number of hydrogen-bond acceptors (Lipinski definition) is 6. The van der Waals surface area contributed by atoms with Crippen LogP contribution in [0, 0.1) is 0 Å². The summed E-state index contributed by atoms with van der Waals surface area (Å²) in [4.78, 5) is 36.3. The van der Waals surface area contributed by atoms with Crippen LogP contribution in [0.25, 0.3) is 0 Å². The van der Waals surface area contributed by atoms with E-state index in [1.54, 1.807) is 0 Å². The molecule has 0 fully saturated rings. The molecule has 1 rings (SSSR count). The van der Waals surface area contributed by atoms with Gasteiger partial charge in [-0.1, -0.05) is 0 Å². The van der Waals surface area contributed by atoms with E-state index in [2.05, 4.69) is 5.32 Å². The fraction of sp³-hybridized carbons (Fsp3) is 0.643. The molecule has 8 heteroatoms. The van der Waals surface area contributed by atoms with Gasteiger partial charge in [0.15, 0.2) is 6.61 Å². The third-order valence-electron chi connectivity index (χ3n) is 2.50. The number of carbonyl (C=O) groups excluding carboxylic acids is 3. The molecular formula is C14H22N2O6. The van der Waals surface area contributed by atoms with Crippen LogP contribution in [0.3, 0.4) is 0 Å². The second kappa shape index (κ2) is 7.67. The van der Waals surface area contributed by atoms with E-state index in [4.69, 9.17) is 14.2 Å². The summed E-state index contributed by atoms with van der Waals surface area (Å²) < 4.78 is 14.8. The molecule has 22 heavy (non-hydrogen) atoms. The Bertz CT molecular complexity index is 466. The highest BCUT2D eigenvalue weighted by Crippen LogP contribution is 2.06. The van der Waals surface area contributed by atoms with Gasteiger partial charge < -0.3 is 24.4 Å². The lowest BCUT2D eigenvalue weighted by molar-refractivity contribution is -0.152. The zero-order valence-corrected chi connectivity index (χ0v) is 13.3. The third kappa shape index (κ3) is 6.47. The van der Waals surface area contributed by atoms with Crippen molar-refractivity contribution in [2.45, 2.75) is 26.3 Å². The minimum Gasteiger partial charge on any atom is -0.493 e. The average Bonchev–Trinajstić information content (AvgIpc) is 2.43. The maximum absolute atomic E-state index is 11.8. The third-order valence-corrected chi connectivity index (χ3v) is 2.50. The molecule has 0 spiro atoms. The Labute approximate surface area is 129 Å². The number of ether oxygens (including phenoxy) is 3. The van der Waals surface area contributed by atoms with Crippen LogP contribution in [-0.4, -0.2) is 61.6 Å². The van der Waals surface area contributed by atoms with Gasteiger partial charge in [0.2, 0.25) is 11.7 Å². The van der Waals surface area contributed by atoms with Gasteiger partial charge in [0.1, 0.15) is 19.5 Å². The Morgan fingerprint density at radius 3 is 2.55 bits per heavy atom. The number of esters is 1. The van der Waals surface area contributed by atoms with Crippen molar-refractivity contribution in [2.24, 2.45) is 0 Å². The van der Waals surface area contributed by atoms with Crippen molar-refractivity contribution in [3.8, 4) is 0 Å². The first-order valence-electron chi connectivity index (χ1n) is 6.86. The number of nitrogens with zero attached hydrogens (tertiary/aromatic N) is 1. The predicted molar refractivity (Wildman–Crippen MR) is 76.5 cm³/mol. The highest BCUT2D eigenvalue weighted by molar-refractivity contribution is 5.90. The maximum Gasteiger partial charge on any atom is 0.377 e. The molecule has 1 heterocycles. The van der Waals surface area contributed by atoms with Crippen molar-refractivity contribution in [2.75, 3.05) is 33.4 Å². The zero-order chi connectivity index (χ0) is 16.8. The molecule has 0 aromatic carbocycles. The monoisotopic (exact) mass is 314 g/mol. The van der Waals surface area contributed by atoms with Crippen molar-refractivity contribution < 1.29 is 28.6 Å². The Hall–Kier alpha value is -2.25. The average molecular weight is 314 g/mol. The molecule has 124 valence electrons. The molecule has 0 bridgehead atoms. The molecule has 2 amide bonds. The van der Waals surface area contributed by atoms with E-state index in [9.17, 15) is 14.4 Å². The first kappa shape index (κ1) is 17.8. The molecular weight excluding hydrogens is 292 g/mol. The van der Waals surface area contributed by atoms with Crippen LogP contribution < -0.4 is 5.32 Å². The smallest absolute Gasteiger partial charge is 0.377 e. The van der Waals surface area contributed by atoms with Crippen molar-refractivity contribution in [3.63, 3.8) is 0 Å². The lowest BCUT2D eigenvalue weighted by atomic mass is 10.1. The van der Waals surface area contributed by atoms with E-state index in [1.165, 1.54) is 11.9 Å². The van der Waals surface area contributed by atoms with Crippen LogP contribution >= 0.6 is 0 Å². The summed E-state index contributed by atoms with van der Waals surface area (Å²) >= 11 is 0. The SMILES string of the molecule is CN(CC(=O)NC(C)(C)C)C(=O)COC(=O)C1=COCCO1. The highest BCUT2D eigenvalue weighted by Gasteiger charge is 2.21. The van der Waals surface area contributed by atoms with Crippen LogP contribution in [0.4, 0.5) is 0 Å². The van der Waals surface area contributed by atoms with E-state index in [-0.39, 0.29) is 30.4 Å². The van der Waals surface area contributed by atoms with Crippen molar-refractivity contribution in [1.82, 2.24) is 10.2 Å². The van der Waals surface area contributed by atoms with Crippen LogP contribution in [-0.2, 0) is 28.6 Å². The molecule has 0 aromatic rings. The summed E-state index contributed by atoms with van der Waals surface area (Å²) in [6.07, 6.45) is 1.15. The summed E-state index contributed by atoms with van der Waals surface area (Å²) in [5, 5.41) is 2.74. The second-order valence-corrected chi connectivity index (χ2v) is 5.83. The number of hydrogen-bond donors (Lipinski definition) is 1. The Balaban J connectivity index is 2.36. The van der Waals surface area contributed by atoms with Gasteiger partial charge in [-0.05, 0) is 20.8 Å². The van der Waals surface area contributed by atoms with Crippen LogP contribution in [0.15, 0.2) is 12.0 Å². The predicted octanol–water partition coefficient (Wildman–Crippen LogP) is -0.209. The van der Waals surface area contributed by atoms with Crippen LogP contribution in [0.5, 0.6) is 0 Å². The molecule has 1 N–H and O–H groups in total. The molecule has 0 aromatic heterocycles. The number of carbonyl (C=O) groups is 3. The fourth-order valence-corrected chi connectivity index (χ4v) is 1.55. The first-order valence-corrected chi connectivity index (χ1v) is 6.86. The quantitative estimate of drug-likeness (QED) is 0.706. The van der Waals surface area contributed by atoms with Gasteiger partial charge in [-0.15, -0.1) is 0 Å². The van der Waals surface area contributed by atoms with Gasteiger partial charge in [-0.25, -0.2) is 4.79 Å². The molecule has 1 aliphatic heterocycles. The molecule has 0 saturated carbocycles. The Morgan fingerprint density at radius 2 is 2.00 bits per heavy atom. The van der Waals surface area contributed by atoms with Crippen LogP contribution in [0.2, 0.25) is 0 Å². The number of rotatable bonds is 5. The molecule has 1 aliphatic rings. The summed E-state index contributed by atoms with van der Waals surface area (Å²) in [6.45, 7) is 5.55. The van der Waals surface area contributed by atoms with Crippen molar-refractivity contribution in [3.05, 3.63) is 12.0 Å². The van der Waals surface area contributed by atoms with Gasteiger partial charge in [0.25, 0.3) is 5.91 Å². The number of amides is 2. The minimum absolute atomic E-state index is 0.0767. The summed E-state index contributed by atoms with van der Waals surface area (Å²) in [7, 11) is 1.46. The summed E-state index contributed by atoms with van der Waals surface area (Å²) in [5.74, 6) is -1.64. The maximum atomic E-state index is 11.8. The van der Waals surface area contributed by atoms with Crippen molar-refractivity contribution in [1.29, 1.82) is 0 Å².